The topological polar surface area (TPSA) is 34.9 Å². The summed E-state index contributed by atoms with van der Waals surface area (Å²) in [6, 6.07) is 0. The summed E-state index contributed by atoms with van der Waals surface area (Å²) in [5, 5.41) is 0. The smallest absolute Gasteiger partial charge is 0.185 e. The van der Waals surface area contributed by atoms with Crippen LogP contribution in [0.4, 0.5) is 0 Å². The number of imidazole rings is 1. The fourth-order valence-electron chi connectivity index (χ4n) is 0.747. The number of aldehydes is 1. The molecule has 0 radical (unpaired) electrons. The number of halogens is 1. The van der Waals surface area contributed by atoms with E-state index >= 15 is 0 Å². The van der Waals surface area contributed by atoms with Gasteiger partial charge in [0.25, 0.3) is 0 Å². The van der Waals surface area contributed by atoms with Gasteiger partial charge in [0.1, 0.15) is 0 Å². The van der Waals surface area contributed by atoms with Gasteiger partial charge in [0.2, 0.25) is 0 Å². The van der Waals surface area contributed by atoms with Crippen LogP contribution in [0.3, 0.4) is 0 Å². The van der Waals surface area contributed by atoms with E-state index in [0.29, 0.717) is 18.7 Å². The Bertz CT molecular complexity index is 267. The Morgan fingerprint density at radius 1 is 1.73 bits per heavy atom. The van der Waals surface area contributed by atoms with Crippen LogP contribution in [0, 0.1) is 0 Å². The molecule has 0 amide bonds. The quantitative estimate of drug-likeness (QED) is 0.644. The Labute approximate surface area is 69.3 Å². The van der Waals surface area contributed by atoms with E-state index < -0.39 is 0 Å². The van der Waals surface area contributed by atoms with Crippen LogP contribution in [0.25, 0.3) is 0 Å². The van der Waals surface area contributed by atoms with Gasteiger partial charge in [-0.05, 0) is 0 Å². The molecule has 3 nitrogen and oxygen atoms in total. The molecule has 58 valence electrons. The van der Waals surface area contributed by atoms with Crippen LogP contribution in [0.1, 0.15) is 10.6 Å². The van der Waals surface area contributed by atoms with Crippen molar-refractivity contribution in [3.05, 3.63) is 29.8 Å². The van der Waals surface area contributed by atoms with Crippen molar-refractivity contribution in [2.75, 3.05) is 0 Å². The van der Waals surface area contributed by atoms with Crippen LogP contribution >= 0.6 is 11.6 Å². The largest absolute Gasteiger partial charge is 0.325 e. The summed E-state index contributed by atoms with van der Waals surface area (Å²) in [6.45, 7) is 0.581. The molecule has 0 N–H and O–H groups in total. The molecule has 0 unspecified atom stereocenters. The van der Waals surface area contributed by atoms with Gasteiger partial charge >= 0.3 is 0 Å². The number of allylic oxidation sites excluding steroid dienone is 1. The van der Waals surface area contributed by atoms with E-state index in [1.54, 1.807) is 23.0 Å². The average Bonchev–Trinajstić information content (AvgIpc) is 2.47. The molecule has 0 aliphatic rings. The van der Waals surface area contributed by atoms with Gasteiger partial charge in [-0.3, -0.25) is 4.79 Å². The zero-order valence-electron chi connectivity index (χ0n) is 5.77. The maximum atomic E-state index is 10.3. The minimum atomic E-state index is 0.416. The summed E-state index contributed by atoms with van der Waals surface area (Å²) in [5.41, 5.74) is 1.41. The molecule has 1 heterocycles. The fraction of sp³-hybridized carbons (Fsp3) is 0.143. The Morgan fingerprint density at radius 3 is 3.18 bits per heavy atom. The Hall–Kier alpha value is -1.09. The molecule has 1 aromatic heterocycles. The molecule has 0 saturated heterocycles. The summed E-state index contributed by atoms with van der Waals surface area (Å²) in [4.78, 5) is 14.1. The van der Waals surface area contributed by atoms with E-state index in [4.69, 9.17) is 11.6 Å². The highest BCUT2D eigenvalue weighted by Gasteiger charge is 1.96. The second-order valence-corrected chi connectivity index (χ2v) is 2.17. The van der Waals surface area contributed by atoms with Gasteiger partial charge in [0, 0.05) is 24.5 Å². The summed E-state index contributed by atoms with van der Waals surface area (Å²) >= 11 is 5.31. The molecule has 0 atom stereocenters. The minimum absolute atomic E-state index is 0.416. The zero-order valence-corrected chi connectivity index (χ0v) is 6.53. The minimum Gasteiger partial charge on any atom is -0.325 e. The lowest BCUT2D eigenvalue weighted by Gasteiger charge is -1.96. The van der Waals surface area contributed by atoms with Crippen molar-refractivity contribution < 1.29 is 4.79 Å². The number of hydrogen-bond donors (Lipinski definition) is 0. The van der Waals surface area contributed by atoms with Crippen LogP contribution in [0.5, 0.6) is 0 Å². The lowest BCUT2D eigenvalue weighted by atomic mass is 10.5. The first kappa shape index (κ1) is 8.01. The zero-order chi connectivity index (χ0) is 8.10. The van der Waals surface area contributed by atoms with Crippen LogP contribution in [0.15, 0.2) is 24.0 Å². The van der Waals surface area contributed by atoms with Crippen molar-refractivity contribution in [3.63, 3.8) is 0 Å². The van der Waals surface area contributed by atoms with E-state index in [1.165, 1.54) is 5.54 Å². The molecule has 0 aliphatic carbocycles. The normalized spacial score (nSPS) is 10.6. The molecule has 4 heteroatoms. The monoisotopic (exact) mass is 170 g/mol. The highest BCUT2D eigenvalue weighted by molar-refractivity contribution is 6.25. The molecule has 0 fully saturated rings. The van der Waals surface area contributed by atoms with Crippen LogP contribution in [-0.2, 0) is 6.54 Å². The predicted octanol–water partition coefficient (Wildman–Crippen LogP) is 1.45. The fourth-order valence-corrected chi connectivity index (χ4v) is 0.826. The maximum absolute atomic E-state index is 10.3. The highest BCUT2D eigenvalue weighted by atomic mass is 35.5. The van der Waals surface area contributed by atoms with Gasteiger partial charge in [-0.1, -0.05) is 17.7 Å². The summed E-state index contributed by atoms with van der Waals surface area (Å²) < 4.78 is 1.70. The van der Waals surface area contributed by atoms with Crippen LogP contribution in [-0.4, -0.2) is 15.8 Å². The molecular formula is C7H7ClN2O. The van der Waals surface area contributed by atoms with Gasteiger partial charge in [0.05, 0.1) is 0 Å². The molecular weight excluding hydrogens is 164 g/mol. The Morgan fingerprint density at radius 2 is 2.55 bits per heavy atom. The molecule has 0 spiro atoms. The van der Waals surface area contributed by atoms with Crippen LogP contribution in [0.2, 0.25) is 0 Å². The third-order valence-corrected chi connectivity index (χ3v) is 1.42. The Kier molecular flexibility index (Phi) is 2.86. The molecule has 0 saturated carbocycles. The van der Waals surface area contributed by atoms with Crippen molar-refractivity contribution in [3.8, 4) is 0 Å². The number of aromatic nitrogens is 2. The van der Waals surface area contributed by atoms with Crippen LogP contribution < -0.4 is 0 Å². The number of nitrogens with zero attached hydrogens (tertiary/aromatic N) is 2. The van der Waals surface area contributed by atoms with Gasteiger partial charge in [-0.2, -0.15) is 0 Å². The molecule has 11 heavy (non-hydrogen) atoms. The summed E-state index contributed by atoms with van der Waals surface area (Å²) in [7, 11) is 0. The molecule has 1 aromatic rings. The van der Waals surface area contributed by atoms with E-state index in [1.807, 2.05) is 0 Å². The SMILES string of the molecule is O=Cc1nccn1CC=CCl. The van der Waals surface area contributed by atoms with E-state index in [2.05, 4.69) is 4.98 Å². The third-order valence-electron chi connectivity index (χ3n) is 1.24. The molecule has 0 bridgehead atoms. The Balaban J connectivity index is 2.76. The number of carbonyl (C=O) groups excluding carboxylic acids is 1. The van der Waals surface area contributed by atoms with Gasteiger partial charge in [-0.25, -0.2) is 4.98 Å². The van der Waals surface area contributed by atoms with E-state index in [-0.39, 0.29) is 0 Å². The second kappa shape index (κ2) is 3.93. The second-order valence-electron chi connectivity index (χ2n) is 1.92. The first-order valence-corrected chi connectivity index (χ1v) is 3.53. The lowest BCUT2D eigenvalue weighted by molar-refractivity contribution is 0.111. The van der Waals surface area contributed by atoms with Gasteiger partial charge in [-0.15, -0.1) is 0 Å². The summed E-state index contributed by atoms with van der Waals surface area (Å²) in [6.07, 6.45) is 5.74. The van der Waals surface area contributed by atoms with Crippen molar-refractivity contribution >= 4 is 17.9 Å². The maximum Gasteiger partial charge on any atom is 0.185 e. The molecule has 0 aromatic carbocycles. The van der Waals surface area contributed by atoms with E-state index in [9.17, 15) is 4.79 Å². The van der Waals surface area contributed by atoms with E-state index in [0.717, 1.165) is 0 Å². The van der Waals surface area contributed by atoms with Gasteiger partial charge < -0.3 is 4.57 Å². The highest BCUT2D eigenvalue weighted by Crippen LogP contribution is 1.94. The van der Waals surface area contributed by atoms with Crippen molar-refractivity contribution in [1.82, 2.24) is 9.55 Å². The van der Waals surface area contributed by atoms with Gasteiger partial charge in [0.15, 0.2) is 12.1 Å². The first-order chi connectivity index (χ1) is 5.38. The van der Waals surface area contributed by atoms with Crippen molar-refractivity contribution in [2.24, 2.45) is 0 Å². The average molecular weight is 171 g/mol. The predicted molar refractivity (Wildman–Crippen MR) is 42.6 cm³/mol. The van der Waals surface area contributed by atoms with Crippen molar-refractivity contribution in [1.29, 1.82) is 0 Å². The number of hydrogen-bond acceptors (Lipinski definition) is 2. The molecule has 0 aliphatic heterocycles. The number of rotatable bonds is 3. The lowest BCUT2D eigenvalue weighted by Crippen LogP contribution is -1.99. The molecule has 1 rings (SSSR count). The third kappa shape index (κ3) is 1.91. The summed E-state index contributed by atoms with van der Waals surface area (Å²) in [5.74, 6) is 0.416. The first-order valence-electron chi connectivity index (χ1n) is 3.10. The number of carbonyl (C=O) groups is 1. The van der Waals surface area contributed by atoms with Crippen molar-refractivity contribution in [2.45, 2.75) is 6.54 Å². The standard InChI is InChI=1S/C7H7ClN2O/c8-2-1-4-10-5-3-9-7(10)6-11/h1-3,5-6H,4H2.